The second kappa shape index (κ2) is 4.77. The van der Waals surface area contributed by atoms with Crippen molar-refractivity contribution in [2.45, 2.75) is 13.8 Å². The second-order valence-corrected chi connectivity index (χ2v) is 4.55. The van der Waals surface area contributed by atoms with E-state index in [0.717, 1.165) is 11.4 Å². The Morgan fingerprint density at radius 1 is 1.15 bits per heavy atom. The zero-order valence-electron chi connectivity index (χ0n) is 11.2. The molecular formula is C15H13N3O2. The van der Waals surface area contributed by atoms with Crippen molar-refractivity contribution in [3.8, 4) is 5.88 Å². The van der Waals surface area contributed by atoms with Gasteiger partial charge in [-0.15, -0.1) is 5.10 Å². The topological polar surface area (TPSA) is 56.5 Å². The van der Waals surface area contributed by atoms with Gasteiger partial charge in [0.1, 0.15) is 0 Å². The van der Waals surface area contributed by atoms with Gasteiger partial charge in [0.05, 0.1) is 5.56 Å². The van der Waals surface area contributed by atoms with E-state index in [4.69, 9.17) is 4.74 Å². The molecule has 0 aliphatic carbocycles. The van der Waals surface area contributed by atoms with Crippen molar-refractivity contribution in [1.29, 1.82) is 0 Å². The van der Waals surface area contributed by atoms with Crippen molar-refractivity contribution in [1.82, 2.24) is 14.6 Å². The minimum absolute atomic E-state index is 0.250. The van der Waals surface area contributed by atoms with Crippen molar-refractivity contribution in [3.63, 3.8) is 0 Å². The Kier molecular flexibility index (Phi) is 2.95. The van der Waals surface area contributed by atoms with Gasteiger partial charge in [-0.25, -0.2) is 14.3 Å². The van der Waals surface area contributed by atoms with Crippen LogP contribution in [0.25, 0.3) is 5.65 Å². The van der Waals surface area contributed by atoms with Crippen molar-refractivity contribution >= 4 is 11.6 Å². The van der Waals surface area contributed by atoms with Crippen molar-refractivity contribution in [2.75, 3.05) is 0 Å². The molecule has 0 aliphatic heterocycles. The molecule has 0 N–H and O–H groups in total. The van der Waals surface area contributed by atoms with E-state index in [-0.39, 0.29) is 5.88 Å². The third-order valence-electron chi connectivity index (χ3n) is 2.92. The highest BCUT2D eigenvalue weighted by molar-refractivity contribution is 5.90. The molecule has 3 aromatic rings. The fourth-order valence-electron chi connectivity index (χ4n) is 2.04. The molecule has 0 spiro atoms. The molecule has 2 aromatic heterocycles. The molecule has 1 aromatic carbocycles. The molecule has 0 bridgehead atoms. The van der Waals surface area contributed by atoms with E-state index in [1.165, 1.54) is 0 Å². The molecule has 0 radical (unpaired) electrons. The van der Waals surface area contributed by atoms with E-state index in [1.54, 1.807) is 34.8 Å². The quantitative estimate of drug-likeness (QED) is 0.670. The van der Waals surface area contributed by atoms with Gasteiger partial charge in [-0.3, -0.25) is 0 Å². The summed E-state index contributed by atoms with van der Waals surface area (Å²) in [5.41, 5.74) is 2.99. The molecule has 0 amide bonds. The number of benzene rings is 1. The summed E-state index contributed by atoms with van der Waals surface area (Å²) in [4.78, 5) is 16.3. The van der Waals surface area contributed by atoms with Crippen LogP contribution in [0.2, 0.25) is 0 Å². The van der Waals surface area contributed by atoms with Crippen LogP contribution < -0.4 is 4.74 Å². The Balaban J connectivity index is 1.92. The largest absolute Gasteiger partial charge is 0.402 e. The molecule has 0 fully saturated rings. The summed E-state index contributed by atoms with van der Waals surface area (Å²) < 4.78 is 6.92. The number of carbonyl (C=O) groups is 1. The van der Waals surface area contributed by atoms with Crippen molar-refractivity contribution < 1.29 is 9.53 Å². The van der Waals surface area contributed by atoms with Crippen LogP contribution in [0.15, 0.2) is 42.5 Å². The smallest absolute Gasteiger partial charge is 0.344 e. The average Bonchev–Trinajstić information content (AvgIpc) is 2.82. The fraction of sp³-hybridized carbons (Fsp3) is 0.133. The Hall–Kier alpha value is -2.69. The van der Waals surface area contributed by atoms with Crippen molar-refractivity contribution in [2.24, 2.45) is 0 Å². The molecule has 0 aliphatic rings. The summed E-state index contributed by atoms with van der Waals surface area (Å²) in [6.07, 6.45) is 0. The van der Waals surface area contributed by atoms with E-state index < -0.39 is 5.97 Å². The van der Waals surface area contributed by atoms with Gasteiger partial charge in [0.15, 0.2) is 5.65 Å². The zero-order valence-corrected chi connectivity index (χ0v) is 11.2. The highest BCUT2D eigenvalue weighted by Gasteiger charge is 2.12. The maximum Gasteiger partial charge on any atom is 0.344 e. The number of esters is 1. The van der Waals surface area contributed by atoms with E-state index >= 15 is 0 Å². The molecular weight excluding hydrogens is 254 g/mol. The minimum Gasteiger partial charge on any atom is -0.402 e. The van der Waals surface area contributed by atoms with Crippen LogP contribution in [-0.2, 0) is 0 Å². The maximum atomic E-state index is 12.0. The van der Waals surface area contributed by atoms with Gasteiger partial charge in [0.2, 0.25) is 5.88 Å². The van der Waals surface area contributed by atoms with Crippen LogP contribution in [0.4, 0.5) is 0 Å². The van der Waals surface area contributed by atoms with Crippen LogP contribution in [0.3, 0.4) is 0 Å². The second-order valence-electron chi connectivity index (χ2n) is 4.55. The van der Waals surface area contributed by atoms with E-state index in [9.17, 15) is 4.79 Å². The van der Waals surface area contributed by atoms with Crippen molar-refractivity contribution in [3.05, 3.63) is 59.4 Å². The fourth-order valence-corrected chi connectivity index (χ4v) is 2.04. The van der Waals surface area contributed by atoms with Gasteiger partial charge in [0.25, 0.3) is 0 Å². The van der Waals surface area contributed by atoms with Crippen LogP contribution in [-0.4, -0.2) is 20.6 Å². The SMILES string of the molecule is Cc1cc(C)n2nc(OC(=O)c3ccccc3)cc2n1. The van der Waals surface area contributed by atoms with Gasteiger partial charge in [-0.2, -0.15) is 0 Å². The molecule has 100 valence electrons. The molecule has 5 nitrogen and oxygen atoms in total. The first-order chi connectivity index (χ1) is 9.63. The predicted molar refractivity (Wildman–Crippen MR) is 73.9 cm³/mol. The van der Waals surface area contributed by atoms with Gasteiger partial charge in [-0.1, -0.05) is 18.2 Å². The molecule has 5 heteroatoms. The maximum absolute atomic E-state index is 12.0. The first-order valence-electron chi connectivity index (χ1n) is 6.25. The summed E-state index contributed by atoms with van der Waals surface area (Å²) in [5.74, 6) is -0.177. The lowest BCUT2D eigenvalue weighted by Crippen LogP contribution is -2.08. The normalized spacial score (nSPS) is 10.7. The summed E-state index contributed by atoms with van der Waals surface area (Å²) in [7, 11) is 0. The number of aromatic nitrogens is 3. The molecule has 0 atom stereocenters. The standard InChI is InChI=1S/C15H13N3O2/c1-10-8-11(2)18-13(16-10)9-14(17-18)20-15(19)12-6-4-3-5-7-12/h3-9H,1-2H3. The van der Waals surface area contributed by atoms with Crippen LogP contribution in [0.1, 0.15) is 21.7 Å². The Bertz CT molecular complexity index is 778. The predicted octanol–water partition coefficient (Wildman–Crippen LogP) is 2.57. The lowest BCUT2D eigenvalue weighted by molar-refractivity contribution is 0.0727. The Morgan fingerprint density at radius 3 is 2.65 bits per heavy atom. The van der Waals surface area contributed by atoms with Crippen LogP contribution in [0.5, 0.6) is 5.88 Å². The molecule has 0 unspecified atom stereocenters. The van der Waals surface area contributed by atoms with Gasteiger partial charge >= 0.3 is 5.97 Å². The molecule has 20 heavy (non-hydrogen) atoms. The highest BCUT2D eigenvalue weighted by Crippen LogP contribution is 2.15. The number of hydrogen-bond donors (Lipinski definition) is 0. The van der Waals surface area contributed by atoms with Gasteiger partial charge in [-0.05, 0) is 32.0 Å². The number of hydrogen-bond acceptors (Lipinski definition) is 4. The Labute approximate surface area is 115 Å². The summed E-state index contributed by atoms with van der Waals surface area (Å²) in [5, 5.41) is 4.23. The van der Waals surface area contributed by atoms with Crippen LogP contribution >= 0.6 is 0 Å². The number of ether oxygens (including phenoxy) is 1. The minimum atomic E-state index is -0.427. The first kappa shape index (κ1) is 12.3. The van der Waals surface area contributed by atoms with E-state index in [0.29, 0.717) is 11.2 Å². The average molecular weight is 267 g/mol. The summed E-state index contributed by atoms with van der Waals surface area (Å²) in [6, 6.07) is 12.4. The number of nitrogens with zero attached hydrogens (tertiary/aromatic N) is 3. The number of fused-ring (bicyclic) bond motifs is 1. The Morgan fingerprint density at radius 2 is 1.90 bits per heavy atom. The van der Waals surface area contributed by atoms with Gasteiger partial charge in [0, 0.05) is 17.5 Å². The van der Waals surface area contributed by atoms with Crippen LogP contribution in [0, 0.1) is 13.8 Å². The lowest BCUT2D eigenvalue weighted by atomic mass is 10.2. The lowest BCUT2D eigenvalue weighted by Gasteiger charge is -2.00. The monoisotopic (exact) mass is 267 g/mol. The molecule has 0 saturated heterocycles. The first-order valence-corrected chi connectivity index (χ1v) is 6.25. The molecule has 0 saturated carbocycles. The number of aryl methyl sites for hydroxylation is 2. The number of carbonyl (C=O) groups excluding carboxylic acids is 1. The van der Waals surface area contributed by atoms with E-state index in [2.05, 4.69) is 10.1 Å². The molecule has 2 heterocycles. The van der Waals surface area contributed by atoms with Gasteiger partial charge < -0.3 is 4.74 Å². The summed E-state index contributed by atoms with van der Waals surface area (Å²) >= 11 is 0. The third-order valence-corrected chi connectivity index (χ3v) is 2.92. The summed E-state index contributed by atoms with van der Waals surface area (Å²) in [6.45, 7) is 3.84. The third kappa shape index (κ3) is 2.25. The highest BCUT2D eigenvalue weighted by atomic mass is 16.5. The number of rotatable bonds is 2. The molecule has 3 rings (SSSR count). The zero-order chi connectivity index (χ0) is 14.1. The van der Waals surface area contributed by atoms with E-state index in [1.807, 2.05) is 26.0 Å².